The van der Waals surface area contributed by atoms with Gasteiger partial charge in [0.15, 0.2) is 5.96 Å². The number of nitrogens with one attached hydrogen (secondary N) is 2. The van der Waals surface area contributed by atoms with Crippen LogP contribution in [0.1, 0.15) is 19.5 Å². The monoisotopic (exact) mass is 334 g/mol. The molecule has 1 aromatic heterocycles. The second-order valence-corrected chi connectivity index (χ2v) is 6.46. The van der Waals surface area contributed by atoms with Crippen LogP contribution in [0.5, 0.6) is 0 Å². The van der Waals surface area contributed by atoms with Gasteiger partial charge in [-0.2, -0.15) is 0 Å². The molecule has 0 aliphatic carbocycles. The highest BCUT2D eigenvalue weighted by Crippen LogP contribution is 2.08. The average molecular weight is 334 g/mol. The van der Waals surface area contributed by atoms with E-state index in [9.17, 15) is 4.79 Å². The van der Waals surface area contributed by atoms with Gasteiger partial charge < -0.3 is 20.4 Å². The van der Waals surface area contributed by atoms with E-state index in [1.807, 2.05) is 37.2 Å². The zero-order valence-corrected chi connectivity index (χ0v) is 15.6. The number of guanidine groups is 1. The van der Waals surface area contributed by atoms with E-state index in [1.54, 1.807) is 19.0 Å². The van der Waals surface area contributed by atoms with E-state index in [2.05, 4.69) is 34.5 Å². The summed E-state index contributed by atoms with van der Waals surface area (Å²) in [6, 6.07) is 5.87. The standard InChI is InChI=1S/C17H30N6O/c1-13(2)10-18-17(20-12-16(24)23(5)6)19-11-14-8-7-9-15(21-14)22(3)4/h7-9,13H,10-12H2,1-6H3,(H2,18,19,20). The van der Waals surface area contributed by atoms with Crippen LogP contribution in [-0.4, -0.2) is 63.0 Å². The molecule has 1 amide bonds. The maximum absolute atomic E-state index is 11.7. The predicted molar refractivity (Wildman–Crippen MR) is 99.2 cm³/mol. The normalized spacial score (nSPS) is 11.4. The predicted octanol–water partition coefficient (Wildman–Crippen LogP) is 0.927. The van der Waals surface area contributed by atoms with Crippen molar-refractivity contribution in [2.75, 3.05) is 46.2 Å². The van der Waals surface area contributed by atoms with Crippen molar-refractivity contribution in [3.63, 3.8) is 0 Å². The molecule has 0 aliphatic rings. The van der Waals surface area contributed by atoms with Crippen LogP contribution in [0.2, 0.25) is 0 Å². The molecule has 0 saturated heterocycles. The summed E-state index contributed by atoms with van der Waals surface area (Å²) in [5.41, 5.74) is 0.880. The number of hydrogen-bond acceptors (Lipinski definition) is 4. The van der Waals surface area contributed by atoms with E-state index in [0.29, 0.717) is 18.4 Å². The van der Waals surface area contributed by atoms with Crippen molar-refractivity contribution in [3.8, 4) is 0 Å². The van der Waals surface area contributed by atoms with E-state index >= 15 is 0 Å². The molecule has 0 fully saturated rings. The number of hydrogen-bond donors (Lipinski definition) is 2. The minimum absolute atomic E-state index is 0.00165. The molecule has 1 rings (SSSR count). The van der Waals surface area contributed by atoms with Crippen molar-refractivity contribution < 1.29 is 4.79 Å². The van der Waals surface area contributed by atoms with Gasteiger partial charge in [-0.05, 0) is 18.1 Å². The maximum atomic E-state index is 11.7. The number of nitrogens with zero attached hydrogens (tertiary/aromatic N) is 4. The molecule has 0 spiro atoms. The van der Waals surface area contributed by atoms with Crippen molar-refractivity contribution in [1.82, 2.24) is 20.5 Å². The van der Waals surface area contributed by atoms with Crippen LogP contribution in [0.4, 0.5) is 5.82 Å². The molecule has 134 valence electrons. The number of anilines is 1. The molecule has 1 heterocycles. The first-order chi connectivity index (χ1) is 11.3. The summed E-state index contributed by atoms with van der Waals surface area (Å²) in [7, 11) is 7.39. The lowest BCUT2D eigenvalue weighted by Gasteiger charge is -2.16. The Morgan fingerprint density at radius 1 is 1.21 bits per heavy atom. The number of pyridine rings is 1. The van der Waals surface area contributed by atoms with Crippen LogP contribution in [0.3, 0.4) is 0 Å². The van der Waals surface area contributed by atoms with E-state index in [0.717, 1.165) is 18.1 Å². The fraction of sp³-hybridized carbons (Fsp3) is 0.588. The summed E-state index contributed by atoms with van der Waals surface area (Å²) in [6.45, 7) is 5.69. The van der Waals surface area contributed by atoms with E-state index < -0.39 is 0 Å². The second kappa shape index (κ2) is 9.75. The van der Waals surface area contributed by atoms with Gasteiger partial charge in [0, 0.05) is 34.7 Å². The highest BCUT2D eigenvalue weighted by molar-refractivity contribution is 5.86. The van der Waals surface area contributed by atoms with Gasteiger partial charge in [0.25, 0.3) is 0 Å². The van der Waals surface area contributed by atoms with Crippen molar-refractivity contribution in [3.05, 3.63) is 23.9 Å². The average Bonchev–Trinajstić information content (AvgIpc) is 2.53. The SMILES string of the molecule is CC(C)CNC(=NCc1cccc(N(C)C)n1)NCC(=O)N(C)C. The lowest BCUT2D eigenvalue weighted by Crippen LogP contribution is -2.44. The lowest BCUT2D eigenvalue weighted by molar-refractivity contribution is -0.127. The second-order valence-electron chi connectivity index (χ2n) is 6.46. The van der Waals surface area contributed by atoms with Crippen LogP contribution < -0.4 is 15.5 Å². The van der Waals surface area contributed by atoms with E-state index in [1.165, 1.54) is 0 Å². The quantitative estimate of drug-likeness (QED) is 0.573. The topological polar surface area (TPSA) is 72.9 Å². The molecule has 2 N–H and O–H groups in total. The third-order valence-corrected chi connectivity index (χ3v) is 3.23. The smallest absolute Gasteiger partial charge is 0.241 e. The Bertz CT molecular complexity index is 554. The largest absolute Gasteiger partial charge is 0.363 e. The van der Waals surface area contributed by atoms with Gasteiger partial charge in [0.2, 0.25) is 5.91 Å². The summed E-state index contributed by atoms with van der Waals surface area (Å²) in [4.78, 5) is 24.3. The highest BCUT2D eigenvalue weighted by atomic mass is 16.2. The Balaban J connectivity index is 2.75. The number of amides is 1. The minimum atomic E-state index is 0.00165. The molecule has 0 saturated carbocycles. The van der Waals surface area contributed by atoms with Crippen molar-refractivity contribution >= 4 is 17.7 Å². The van der Waals surface area contributed by atoms with Crippen molar-refractivity contribution in [2.45, 2.75) is 20.4 Å². The summed E-state index contributed by atoms with van der Waals surface area (Å²) in [5.74, 6) is 2.00. The molecule has 0 radical (unpaired) electrons. The number of carbonyl (C=O) groups is 1. The molecule has 7 heteroatoms. The molecule has 0 unspecified atom stereocenters. The molecule has 1 aromatic rings. The van der Waals surface area contributed by atoms with Crippen molar-refractivity contribution in [1.29, 1.82) is 0 Å². The third kappa shape index (κ3) is 7.30. The summed E-state index contributed by atoms with van der Waals surface area (Å²) >= 11 is 0. The fourth-order valence-electron chi connectivity index (χ4n) is 1.76. The maximum Gasteiger partial charge on any atom is 0.241 e. The van der Waals surface area contributed by atoms with Crippen LogP contribution in [-0.2, 0) is 11.3 Å². The summed E-state index contributed by atoms with van der Waals surface area (Å²) in [5, 5.41) is 6.32. The Hall–Kier alpha value is -2.31. The van der Waals surface area contributed by atoms with Gasteiger partial charge in [-0.25, -0.2) is 9.98 Å². The Morgan fingerprint density at radius 3 is 2.50 bits per heavy atom. The first kappa shape index (κ1) is 19.7. The molecule has 0 aliphatic heterocycles. The molecule has 0 aromatic carbocycles. The highest BCUT2D eigenvalue weighted by Gasteiger charge is 2.07. The van der Waals surface area contributed by atoms with Gasteiger partial charge in [0.05, 0.1) is 18.8 Å². The molecular formula is C17H30N6O. The Kier molecular flexibility index (Phi) is 8.01. The van der Waals surface area contributed by atoms with Crippen LogP contribution >= 0.6 is 0 Å². The minimum Gasteiger partial charge on any atom is -0.363 e. The first-order valence-electron chi connectivity index (χ1n) is 8.15. The zero-order chi connectivity index (χ0) is 18.1. The molecule has 0 bridgehead atoms. The molecular weight excluding hydrogens is 304 g/mol. The number of aliphatic imine (C=N–C) groups is 1. The van der Waals surface area contributed by atoms with Gasteiger partial charge >= 0.3 is 0 Å². The summed E-state index contributed by atoms with van der Waals surface area (Å²) < 4.78 is 0. The number of aromatic nitrogens is 1. The molecule has 7 nitrogen and oxygen atoms in total. The van der Waals surface area contributed by atoms with Gasteiger partial charge in [-0.15, -0.1) is 0 Å². The van der Waals surface area contributed by atoms with Gasteiger partial charge in [-0.3, -0.25) is 4.79 Å². The van der Waals surface area contributed by atoms with E-state index in [4.69, 9.17) is 0 Å². The first-order valence-corrected chi connectivity index (χ1v) is 8.15. The molecule has 24 heavy (non-hydrogen) atoms. The van der Waals surface area contributed by atoms with Gasteiger partial charge in [-0.1, -0.05) is 19.9 Å². The summed E-state index contributed by atoms with van der Waals surface area (Å²) in [6.07, 6.45) is 0. The Labute approximate surface area is 145 Å². The number of likely N-dealkylation sites (N-methyl/N-ethyl adjacent to an activating group) is 1. The van der Waals surface area contributed by atoms with E-state index in [-0.39, 0.29) is 12.5 Å². The third-order valence-electron chi connectivity index (χ3n) is 3.23. The van der Waals surface area contributed by atoms with Crippen LogP contribution in [0.25, 0.3) is 0 Å². The van der Waals surface area contributed by atoms with Crippen molar-refractivity contribution in [2.24, 2.45) is 10.9 Å². The van der Waals surface area contributed by atoms with Crippen LogP contribution in [0.15, 0.2) is 23.2 Å². The Morgan fingerprint density at radius 2 is 1.92 bits per heavy atom. The van der Waals surface area contributed by atoms with Gasteiger partial charge in [0.1, 0.15) is 5.82 Å². The zero-order valence-electron chi connectivity index (χ0n) is 15.6. The van der Waals surface area contributed by atoms with Crippen LogP contribution in [0, 0.1) is 5.92 Å². The molecule has 0 atom stereocenters. The number of carbonyl (C=O) groups excluding carboxylic acids is 1. The number of rotatable bonds is 7. The fourth-order valence-corrected chi connectivity index (χ4v) is 1.76. The lowest BCUT2D eigenvalue weighted by atomic mass is 10.2.